The number of pyridine rings is 1. The number of anilines is 1. The van der Waals surface area contributed by atoms with E-state index in [1.807, 2.05) is 25.3 Å². The first kappa shape index (κ1) is 17.9. The Morgan fingerprint density at radius 1 is 1.21 bits per heavy atom. The van der Waals surface area contributed by atoms with E-state index in [4.69, 9.17) is 10.5 Å². The van der Waals surface area contributed by atoms with E-state index in [0.29, 0.717) is 35.1 Å². The van der Waals surface area contributed by atoms with Crippen molar-refractivity contribution in [3.63, 3.8) is 0 Å². The van der Waals surface area contributed by atoms with Crippen LogP contribution < -0.4 is 10.5 Å². The van der Waals surface area contributed by atoms with Crippen molar-refractivity contribution in [2.75, 3.05) is 5.73 Å². The zero-order valence-corrected chi connectivity index (χ0v) is 15.8. The minimum absolute atomic E-state index is 0.0757. The number of aromatic nitrogens is 2. The molecule has 0 unspecified atom stereocenters. The Morgan fingerprint density at radius 3 is 2.72 bits per heavy atom. The Kier molecular flexibility index (Phi) is 3.97. The van der Waals surface area contributed by atoms with Gasteiger partial charge in [0.25, 0.3) is 5.91 Å². The molecule has 2 aromatic heterocycles. The number of alkyl halides is 2. The molecular weight excluding hydrogens is 378 g/mol. The van der Waals surface area contributed by atoms with Crippen LogP contribution in [-0.4, -0.2) is 32.8 Å². The van der Waals surface area contributed by atoms with E-state index < -0.39 is 6.61 Å². The summed E-state index contributed by atoms with van der Waals surface area (Å²) in [5.41, 5.74) is 8.87. The summed E-state index contributed by atoms with van der Waals surface area (Å²) in [6.07, 6.45) is 5.71. The van der Waals surface area contributed by atoms with Crippen molar-refractivity contribution >= 4 is 17.4 Å². The molecule has 1 amide bonds. The summed E-state index contributed by atoms with van der Waals surface area (Å²) >= 11 is 0. The van der Waals surface area contributed by atoms with Crippen molar-refractivity contribution < 1.29 is 18.3 Å². The molecule has 1 fully saturated rings. The Labute approximate surface area is 165 Å². The van der Waals surface area contributed by atoms with Crippen molar-refractivity contribution in [2.45, 2.75) is 39.0 Å². The lowest BCUT2D eigenvalue weighted by Gasteiger charge is -2.24. The molecule has 3 aromatic rings. The average Bonchev–Trinajstić information content (AvgIpc) is 3.37. The van der Waals surface area contributed by atoms with E-state index in [-0.39, 0.29) is 23.3 Å². The Morgan fingerprint density at radius 2 is 2.00 bits per heavy atom. The number of ether oxygens (including phenoxy) is 1. The number of carbonyl (C=O) groups excluding carboxylic acids is 1. The summed E-state index contributed by atoms with van der Waals surface area (Å²) in [4.78, 5) is 18.9. The van der Waals surface area contributed by atoms with Crippen LogP contribution in [0.15, 0.2) is 36.7 Å². The second-order valence-corrected chi connectivity index (χ2v) is 7.75. The lowest BCUT2D eigenvalue weighted by atomic mass is 10.0. The van der Waals surface area contributed by atoms with Crippen LogP contribution in [0, 0.1) is 5.92 Å². The molecular formula is C21H20F2N4O2. The molecule has 0 bridgehead atoms. The lowest BCUT2D eigenvalue weighted by Crippen LogP contribution is -2.34. The number of hydrogen-bond acceptors (Lipinski definition) is 4. The number of benzene rings is 1. The second-order valence-electron chi connectivity index (χ2n) is 7.75. The van der Waals surface area contributed by atoms with Crippen molar-refractivity contribution in [1.82, 2.24) is 14.3 Å². The molecule has 5 rings (SSSR count). The average molecular weight is 398 g/mol. The molecule has 1 aromatic carbocycles. The highest BCUT2D eigenvalue weighted by molar-refractivity contribution is 6.02. The molecule has 1 aliphatic heterocycles. The zero-order chi connectivity index (χ0) is 20.3. The number of halogens is 2. The van der Waals surface area contributed by atoms with Crippen LogP contribution in [-0.2, 0) is 6.54 Å². The Balaban J connectivity index is 1.59. The van der Waals surface area contributed by atoms with Gasteiger partial charge in [0.1, 0.15) is 17.2 Å². The van der Waals surface area contributed by atoms with Crippen LogP contribution in [0.5, 0.6) is 5.75 Å². The molecule has 1 aliphatic carbocycles. The van der Waals surface area contributed by atoms with Gasteiger partial charge in [-0.2, -0.15) is 8.78 Å². The van der Waals surface area contributed by atoms with Crippen LogP contribution >= 0.6 is 0 Å². The number of carbonyl (C=O) groups is 1. The van der Waals surface area contributed by atoms with Gasteiger partial charge in [0.2, 0.25) is 0 Å². The van der Waals surface area contributed by atoms with E-state index in [1.165, 1.54) is 6.07 Å². The normalized spacial score (nSPS) is 17.2. The fraction of sp³-hybridized carbons (Fsp3) is 0.333. The molecule has 0 saturated heterocycles. The predicted octanol–water partition coefficient (Wildman–Crippen LogP) is 3.94. The van der Waals surface area contributed by atoms with Crippen LogP contribution in [0.1, 0.15) is 35.7 Å². The van der Waals surface area contributed by atoms with Crippen LogP contribution in [0.4, 0.5) is 14.6 Å². The standard InChI is InChI=1S/C21H20F2N4O2/c1-11(12-2-3-12)27-9-15-6-14(7-16(29-21(22)23)19(15)20(27)28)13-4-5-18-25-17(24)10-26(18)8-13/h4-8,10-12,21H,2-3,9,24H2,1H3/t11-/m0/s1. The van der Waals surface area contributed by atoms with E-state index in [0.717, 1.165) is 18.4 Å². The summed E-state index contributed by atoms with van der Waals surface area (Å²) in [5, 5.41) is 0. The molecule has 29 heavy (non-hydrogen) atoms. The first-order valence-electron chi connectivity index (χ1n) is 9.58. The van der Waals surface area contributed by atoms with Gasteiger partial charge in [0, 0.05) is 18.8 Å². The van der Waals surface area contributed by atoms with Gasteiger partial charge in [-0.15, -0.1) is 0 Å². The van der Waals surface area contributed by atoms with Gasteiger partial charge in [-0.05, 0) is 66.6 Å². The summed E-state index contributed by atoms with van der Waals surface area (Å²) in [6, 6.07) is 7.13. The third-order valence-electron chi connectivity index (χ3n) is 5.81. The molecule has 0 spiro atoms. The van der Waals surface area contributed by atoms with Gasteiger partial charge in [0.05, 0.1) is 11.8 Å². The van der Waals surface area contributed by atoms with E-state index in [1.54, 1.807) is 21.6 Å². The molecule has 6 nitrogen and oxygen atoms in total. The predicted molar refractivity (Wildman–Crippen MR) is 104 cm³/mol. The van der Waals surface area contributed by atoms with Gasteiger partial charge in [0.15, 0.2) is 0 Å². The first-order valence-corrected chi connectivity index (χ1v) is 9.58. The smallest absolute Gasteiger partial charge is 0.387 e. The summed E-state index contributed by atoms with van der Waals surface area (Å²) in [5.74, 6) is 0.571. The highest BCUT2D eigenvalue weighted by Gasteiger charge is 2.40. The third-order valence-corrected chi connectivity index (χ3v) is 5.81. The molecule has 1 atom stereocenters. The fourth-order valence-corrected chi connectivity index (χ4v) is 4.14. The highest BCUT2D eigenvalue weighted by atomic mass is 19.3. The number of hydrogen-bond donors (Lipinski definition) is 1. The van der Waals surface area contributed by atoms with Crippen LogP contribution in [0.25, 0.3) is 16.8 Å². The monoisotopic (exact) mass is 398 g/mol. The van der Waals surface area contributed by atoms with Gasteiger partial charge in [-0.3, -0.25) is 4.79 Å². The van der Waals surface area contributed by atoms with E-state index in [9.17, 15) is 13.6 Å². The van der Waals surface area contributed by atoms with Gasteiger partial charge < -0.3 is 19.8 Å². The maximum absolute atomic E-state index is 13.1. The molecule has 2 N–H and O–H groups in total. The quantitative estimate of drug-likeness (QED) is 0.707. The summed E-state index contributed by atoms with van der Waals surface area (Å²) in [7, 11) is 0. The van der Waals surface area contributed by atoms with Gasteiger partial charge in [-0.25, -0.2) is 4.98 Å². The topological polar surface area (TPSA) is 72.9 Å². The molecule has 2 aliphatic rings. The Bertz CT molecular complexity index is 1120. The number of nitrogen functional groups attached to an aromatic ring is 1. The number of nitrogens with two attached hydrogens (primary N) is 1. The van der Waals surface area contributed by atoms with Crippen molar-refractivity contribution in [1.29, 1.82) is 0 Å². The number of amides is 1. The summed E-state index contributed by atoms with van der Waals surface area (Å²) in [6.45, 7) is -0.583. The van der Waals surface area contributed by atoms with Crippen LogP contribution in [0.2, 0.25) is 0 Å². The fourth-order valence-electron chi connectivity index (χ4n) is 4.14. The minimum Gasteiger partial charge on any atom is -0.434 e. The minimum atomic E-state index is -3.01. The lowest BCUT2D eigenvalue weighted by molar-refractivity contribution is -0.0501. The third kappa shape index (κ3) is 3.08. The Hall–Kier alpha value is -3.16. The van der Waals surface area contributed by atoms with Gasteiger partial charge in [-0.1, -0.05) is 0 Å². The SMILES string of the molecule is C[C@@H](C1CC1)N1Cc2cc(-c3ccc4nc(N)cn4c3)cc(OC(F)F)c2C1=O. The largest absolute Gasteiger partial charge is 0.434 e. The van der Waals surface area contributed by atoms with Crippen molar-refractivity contribution in [3.05, 3.63) is 47.8 Å². The number of rotatable bonds is 5. The van der Waals surface area contributed by atoms with E-state index >= 15 is 0 Å². The molecule has 8 heteroatoms. The maximum atomic E-state index is 13.1. The van der Waals surface area contributed by atoms with Crippen LogP contribution in [0.3, 0.4) is 0 Å². The molecule has 1 saturated carbocycles. The highest BCUT2D eigenvalue weighted by Crippen LogP contribution is 2.42. The van der Waals surface area contributed by atoms with Crippen molar-refractivity contribution in [2.24, 2.45) is 5.92 Å². The molecule has 0 radical (unpaired) electrons. The first-order chi connectivity index (χ1) is 13.9. The molecule has 150 valence electrons. The number of fused-ring (bicyclic) bond motifs is 2. The van der Waals surface area contributed by atoms with E-state index in [2.05, 4.69) is 4.98 Å². The van der Waals surface area contributed by atoms with Gasteiger partial charge >= 0.3 is 6.61 Å². The number of nitrogens with zero attached hydrogens (tertiary/aromatic N) is 3. The maximum Gasteiger partial charge on any atom is 0.387 e. The zero-order valence-electron chi connectivity index (χ0n) is 15.8. The van der Waals surface area contributed by atoms with Crippen molar-refractivity contribution in [3.8, 4) is 16.9 Å². The second kappa shape index (κ2) is 6.43. The number of imidazole rings is 1. The summed E-state index contributed by atoms with van der Waals surface area (Å²) < 4.78 is 32.7. The molecule has 3 heterocycles.